The highest BCUT2D eigenvalue weighted by molar-refractivity contribution is 6.33. The van der Waals surface area contributed by atoms with E-state index in [2.05, 4.69) is 10.3 Å². The molecule has 1 heterocycles. The number of pyridine rings is 1. The number of hydrogen-bond acceptors (Lipinski definition) is 4. The van der Waals surface area contributed by atoms with E-state index in [0.29, 0.717) is 17.7 Å². The lowest BCUT2D eigenvalue weighted by molar-refractivity contribution is 0.621. The molecule has 1 aromatic carbocycles. The topological polar surface area (TPSA) is 71.6 Å². The quantitative estimate of drug-likeness (QED) is 0.527. The monoisotopic (exact) mass is 278 g/mol. The summed E-state index contributed by atoms with van der Waals surface area (Å²) in [4.78, 5) is 15.3. The maximum Gasteiger partial charge on any atom is 0.154 e. The number of nitroso groups, excluding NO2 is 1. The number of hydrogen-bond donors (Lipinski definition) is 1. The number of aromatic nitrogens is 1. The van der Waals surface area contributed by atoms with Crippen molar-refractivity contribution in [2.75, 3.05) is 17.3 Å². The molecular formula is C13H15ClN4O. The summed E-state index contributed by atoms with van der Waals surface area (Å²) >= 11 is 6.02. The molecule has 0 atom stereocenters. The van der Waals surface area contributed by atoms with Crippen molar-refractivity contribution in [3.05, 3.63) is 34.3 Å². The Balaban J connectivity index is 2.68. The van der Waals surface area contributed by atoms with Crippen molar-refractivity contribution in [1.29, 1.82) is 0 Å². The zero-order chi connectivity index (χ0) is 14.0. The molecule has 6 heteroatoms. The van der Waals surface area contributed by atoms with Crippen LogP contribution in [-0.4, -0.2) is 11.5 Å². The molecule has 0 radical (unpaired) electrons. The Bertz CT molecular complexity index is 615. The van der Waals surface area contributed by atoms with Crippen LogP contribution in [-0.2, 0) is 0 Å². The van der Waals surface area contributed by atoms with E-state index in [1.807, 2.05) is 38.1 Å². The summed E-state index contributed by atoms with van der Waals surface area (Å²) in [5, 5.41) is 5.36. The van der Waals surface area contributed by atoms with Gasteiger partial charge in [-0.2, -0.15) is 0 Å². The summed E-state index contributed by atoms with van der Waals surface area (Å²) in [6, 6.07) is 7.39. The van der Waals surface area contributed by atoms with Gasteiger partial charge in [-0.05, 0) is 12.0 Å². The summed E-state index contributed by atoms with van der Waals surface area (Å²) in [6.45, 7) is 4.47. The first kappa shape index (κ1) is 13.5. The largest absolute Gasteiger partial charge is 0.394 e. The number of nitrogen functional groups attached to an aromatic ring is 1. The van der Waals surface area contributed by atoms with E-state index in [-0.39, 0.29) is 16.8 Å². The van der Waals surface area contributed by atoms with Gasteiger partial charge in [0.15, 0.2) is 5.15 Å². The molecule has 5 nitrogen and oxygen atoms in total. The van der Waals surface area contributed by atoms with Crippen LogP contribution in [0, 0.1) is 10.8 Å². The fourth-order valence-corrected chi connectivity index (χ4v) is 2.15. The molecule has 0 bridgehead atoms. The zero-order valence-corrected chi connectivity index (χ0v) is 11.6. The first-order valence-corrected chi connectivity index (χ1v) is 6.37. The van der Waals surface area contributed by atoms with Crippen LogP contribution in [0.4, 0.5) is 11.4 Å². The lowest BCUT2D eigenvalue weighted by Crippen LogP contribution is -2.22. The Morgan fingerprint density at radius 1 is 1.42 bits per heavy atom. The molecule has 0 unspecified atom stereocenters. The van der Waals surface area contributed by atoms with Crippen molar-refractivity contribution in [3.63, 3.8) is 0 Å². The predicted octanol–water partition coefficient (Wildman–Crippen LogP) is 3.61. The van der Waals surface area contributed by atoms with Crippen molar-refractivity contribution in [3.8, 4) is 0 Å². The maximum absolute atomic E-state index is 11.1. The van der Waals surface area contributed by atoms with E-state index in [9.17, 15) is 4.91 Å². The van der Waals surface area contributed by atoms with Gasteiger partial charge < -0.3 is 5.73 Å². The Kier molecular flexibility index (Phi) is 3.85. The summed E-state index contributed by atoms with van der Waals surface area (Å²) in [7, 11) is 0. The van der Waals surface area contributed by atoms with Gasteiger partial charge in [-0.1, -0.05) is 43.6 Å². The summed E-state index contributed by atoms with van der Waals surface area (Å²) in [6.07, 6.45) is 0. The van der Waals surface area contributed by atoms with E-state index in [4.69, 9.17) is 17.3 Å². The minimum absolute atomic E-state index is 0.186. The Morgan fingerprint density at radius 2 is 2.11 bits per heavy atom. The SMILES string of the molecule is CC(C)CN(N=O)c1c(N)c(Cl)nc2ccccc12. The number of para-hydroxylation sites is 1. The lowest BCUT2D eigenvalue weighted by atomic mass is 10.1. The molecule has 19 heavy (non-hydrogen) atoms. The number of rotatable bonds is 4. The first-order valence-electron chi connectivity index (χ1n) is 5.99. The maximum atomic E-state index is 11.1. The van der Waals surface area contributed by atoms with E-state index >= 15 is 0 Å². The van der Waals surface area contributed by atoms with Gasteiger partial charge in [-0.3, -0.25) is 0 Å². The van der Waals surface area contributed by atoms with Crippen LogP contribution in [0.2, 0.25) is 5.15 Å². The normalized spacial score (nSPS) is 10.9. The Hall–Kier alpha value is -1.88. The number of benzene rings is 1. The third-order valence-electron chi connectivity index (χ3n) is 2.75. The number of nitrogens with zero attached hydrogens (tertiary/aromatic N) is 3. The molecule has 0 fully saturated rings. The van der Waals surface area contributed by atoms with E-state index in [1.165, 1.54) is 5.01 Å². The summed E-state index contributed by atoms with van der Waals surface area (Å²) in [5.74, 6) is 0.266. The highest BCUT2D eigenvalue weighted by Crippen LogP contribution is 2.36. The number of anilines is 2. The third kappa shape index (κ3) is 2.61. The molecule has 0 saturated carbocycles. The summed E-state index contributed by atoms with van der Waals surface area (Å²) in [5.41, 5.74) is 7.46. The molecule has 0 spiro atoms. The molecule has 1 aromatic heterocycles. The van der Waals surface area contributed by atoms with Gasteiger partial charge >= 0.3 is 0 Å². The number of fused-ring (bicyclic) bond motifs is 1. The van der Waals surface area contributed by atoms with Crippen molar-refractivity contribution in [2.24, 2.45) is 11.2 Å². The zero-order valence-electron chi connectivity index (χ0n) is 10.8. The molecule has 0 saturated heterocycles. The van der Waals surface area contributed by atoms with Crippen LogP contribution < -0.4 is 10.7 Å². The van der Waals surface area contributed by atoms with Gasteiger partial charge in [0, 0.05) is 11.9 Å². The average molecular weight is 279 g/mol. The molecule has 2 rings (SSSR count). The highest BCUT2D eigenvalue weighted by Gasteiger charge is 2.19. The average Bonchev–Trinajstić information content (AvgIpc) is 2.38. The second kappa shape index (κ2) is 5.40. The smallest absolute Gasteiger partial charge is 0.154 e. The standard InChI is InChI=1S/C13H15ClN4O/c1-8(2)7-18(17-19)12-9-5-3-4-6-10(9)16-13(14)11(12)15/h3-6,8H,7,15H2,1-2H3. The minimum Gasteiger partial charge on any atom is -0.394 e. The van der Waals surface area contributed by atoms with Crippen LogP contribution in [0.25, 0.3) is 10.9 Å². The fourth-order valence-electron chi connectivity index (χ4n) is 1.97. The van der Waals surface area contributed by atoms with Crippen molar-refractivity contribution in [2.45, 2.75) is 13.8 Å². The first-order chi connectivity index (χ1) is 9.04. The molecule has 0 aliphatic carbocycles. The van der Waals surface area contributed by atoms with E-state index < -0.39 is 0 Å². The fraction of sp³-hybridized carbons (Fsp3) is 0.308. The molecule has 0 aliphatic rings. The van der Waals surface area contributed by atoms with Crippen molar-refractivity contribution < 1.29 is 0 Å². The van der Waals surface area contributed by atoms with Gasteiger partial charge in [-0.25, -0.2) is 9.99 Å². The van der Waals surface area contributed by atoms with Gasteiger partial charge in [-0.15, -0.1) is 4.91 Å². The van der Waals surface area contributed by atoms with Crippen LogP contribution >= 0.6 is 11.6 Å². The van der Waals surface area contributed by atoms with Crippen LogP contribution in [0.15, 0.2) is 29.6 Å². The highest BCUT2D eigenvalue weighted by atomic mass is 35.5. The van der Waals surface area contributed by atoms with Crippen LogP contribution in [0.1, 0.15) is 13.8 Å². The van der Waals surface area contributed by atoms with Gasteiger partial charge in [0.05, 0.1) is 22.2 Å². The van der Waals surface area contributed by atoms with Gasteiger partial charge in [0.25, 0.3) is 0 Å². The van der Waals surface area contributed by atoms with Gasteiger partial charge in [0.2, 0.25) is 0 Å². The van der Waals surface area contributed by atoms with Crippen LogP contribution in [0.5, 0.6) is 0 Å². The van der Waals surface area contributed by atoms with Crippen molar-refractivity contribution >= 4 is 33.9 Å². The molecular weight excluding hydrogens is 264 g/mol. The van der Waals surface area contributed by atoms with Gasteiger partial charge in [0.1, 0.15) is 0 Å². The Morgan fingerprint density at radius 3 is 2.74 bits per heavy atom. The lowest BCUT2D eigenvalue weighted by Gasteiger charge is -2.21. The summed E-state index contributed by atoms with van der Waals surface area (Å²) < 4.78 is 0. The molecule has 2 N–H and O–H groups in total. The molecule has 0 amide bonds. The number of nitrogens with two attached hydrogens (primary N) is 1. The second-order valence-corrected chi connectivity index (χ2v) is 5.10. The minimum atomic E-state index is 0.186. The number of halogens is 1. The Labute approximate surface area is 116 Å². The van der Waals surface area contributed by atoms with E-state index in [0.717, 1.165) is 5.39 Å². The van der Waals surface area contributed by atoms with E-state index in [1.54, 1.807) is 0 Å². The van der Waals surface area contributed by atoms with Crippen LogP contribution in [0.3, 0.4) is 0 Å². The molecule has 0 aliphatic heterocycles. The molecule has 100 valence electrons. The second-order valence-electron chi connectivity index (χ2n) is 4.74. The third-order valence-corrected chi connectivity index (χ3v) is 3.04. The molecule has 2 aromatic rings. The predicted molar refractivity (Wildman–Crippen MR) is 79.1 cm³/mol. The van der Waals surface area contributed by atoms with Crippen molar-refractivity contribution in [1.82, 2.24) is 4.98 Å².